The van der Waals surface area contributed by atoms with E-state index in [1.54, 1.807) is 12.1 Å². The van der Waals surface area contributed by atoms with E-state index in [-0.39, 0.29) is 0 Å². The lowest BCUT2D eigenvalue weighted by Crippen LogP contribution is -1.85. The number of nitrogen functional groups attached to an aromatic ring is 1. The van der Waals surface area contributed by atoms with Crippen LogP contribution in [-0.4, -0.2) is 0 Å². The van der Waals surface area contributed by atoms with Crippen LogP contribution in [-0.2, 0) is 0 Å². The van der Waals surface area contributed by atoms with Gasteiger partial charge >= 0.3 is 0 Å². The number of benzene rings is 1. The first-order valence-corrected chi connectivity index (χ1v) is 4.06. The molecule has 0 aliphatic rings. The average molecular weight is 241 g/mol. The van der Waals surface area contributed by atoms with Gasteiger partial charge in [-0.05, 0) is 28.1 Å². The normalized spacial score (nSPS) is 9.90. The summed E-state index contributed by atoms with van der Waals surface area (Å²) in [5, 5.41) is 0.977. The quantitative estimate of drug-likeness (QED) is 0.547. The van der Waals surface area contributed by atoms with Gasteiger partial charge in [0.05, 0.1) is 10.0 Å². The molecule has 0 amide bonds. The third kappa shape index (κ3) is 1.57. The fourth-order valence-corrected chi connectivity index (χ4v) is 1.35. The lowest BCUT2D eigenvalue weighted by atomic mass is 10.3. The highest BCUT2D eigenvalue weighted by Gasteiger charge is 2.00. The fourth-order valence-electron chi connectivity index (χ4n) is 0.538. The predicted octanol–water partition coefficient (Wildman–Crippen LogP) is 3.34. The molecule has 0 radical (unpaired) electrons. The summed E-state index contributed by atoms with van der Waals surface area (Å²) in [5.74, 6) is 0. The minimum absolute atomic E-state index is 0.474. The van der Waals surface area contributed by atoms with Crippen LogP contribution in [0.5, 0.6) is 0 Å². The van der Waals surface area contributed by atoms with E-state index < -0.39 is 0 Å². The Labute approximate surface area is 77.2 Å². The summed E-state index contributed by atoms with van der Waals surface area (Å²) in [7, 11) is 0. The SMILES string of the molecule is Nc1cc(Cl)c(Cl)cc1Br. The molecule has 0 spiro atoms. The van der Waals surface area contributed by atoms with Crippen molar-refractivity contribution >= 4 is 44.8 Å². The Bertz CT molecular complexity index is 212. The smallest absolute Gasteiger partial charge is 0.0613 e. The second-order valence-electron chi connectivity index (χ2n) is 1.79. The van der Waals surface area contributed by atoms with Crippen LogP contribution in [0.3, 0.4) is 0 Å². The Morgan fingerprint density at radius 3 is 2.20 bits per heavy atom. The number of hydrogen-bond donors (Lipinski definition) is 1. The third-order valence-electron chi connectivity index (χ3n) is 1.04. The molecule has 0 unspecified atom stereocenters. The number of anilines is 1. The molecule has 0 aromatic heterocycles. The monoisotopic (exact) mass is 239 g/mol. The van der Waals surface area contributed by atoms with Crippen molar-refractivity contribution < 1.29 is 0 Å². The molecule has 2 N–H and O–H groups in total. The zero-order valence-electron chi connectivity index (χ0n) is 4.87. The van der Waals surface area contributed by atoms with Crippen molar-refractivity contribution in [2.24, 2.45) is 0 Å². The van der Waals surface area contributed by atoms with Crippen LogP contribution < -0.4 is 5.73 Å². The van der Waals surface area contributed by atoms with Gasteiger partial charge in [0.1, 0.15) is 0 Å². The van der Waals surface area contributed by atoms with Gasteiger partial charge in [0.2, 0.25) is 0 Å². The second-order valence-corrected chi connectivity index (χ2v) is 3.46. The van der Waals surface area contributed by atoms with Crippen LogP contribution in [0, 0.1) is 0 Å². The Kier molecular flexibility index (Phi) is 2.45. The van der Waals surface area contributed by atoms with Gasteiger partial charge in [0.25, 0.3) is 0 Å². The molecule has 0 aliphatic heterocycles. The van der Waals surface area contributed by atoms with Crippen LogP contribution in [0.4, 0.5) is 5.69 Å². The lowest BCUT2D eigenvalue weighted by Gasteiger charge is -1.99. The van der Waals surface area contributed by atoms with E-state index in [0.29, 0.717) is 15.7 Å². The largest absolute Gasteiger partial charge is 0.398 e. The second kappa shape index (κ2) is 2.99. The molecular formula is C6H4BrCl2N. The maximum Gasteiger partial charge on any atom is 0.0613 e. The summed E-state index contributed by atoms with van der Waals surface area (Å²) in [4.78, 5) is 0. The maximum absolute atomic E-state index is 5.67. The van der Waals surface area contributed by atoms with Crippen molar-refractivity contribution in [3.05, 3.63) is 26.7 Å². The fraction of sp³-hybridized carbons (Fsp3) is 0. The summed E-state index contributed by atoms with van der Waals surface area (Å²) >= 11 is 14.5. The number of nitrogens with two attached hydrogens (primary N) is 1. The molecule has 54 valence electrons. The minimum atomic E-state index is 0.474. The van der Waals surface area contributed by atoms with Gasteiger partial charge in [-0.3, -0.25) is 0 Å². The molecule has 1 nitrogen and oxygen atoms in total. The van der Waals surface area contributed by atoms with E-state index in [1.807, 2.05) is 0 Å². The highest BCUT2D eigenvalue weighted by atomic mass is 79.9. The zero-order chi connectivity index (χ0) is 7.72. The van der Waals surface area contributed by atoms with Crippen molar-refractivity contribution in [2.75, 3.05) is 5.73 Å². The Morgan fingerprint density at radius 2 is 1.70 bits per heavy atom. The van der Waals surface area contributed by atoms with Crippen LogP contribution in [0.1, 0.15) is 0 Å². The third-order valence-corrected chi connectivity index (χ3v) is 2.45. The summed E-state index contributed by atoms with van der Waals surface area (Å²) in [6.07, 6.45) is 0. The molecule has 0 fully saturated rings. The summed E-state index contributed by atoms with van der Waals surface area (Å²) in [6, 6.07) is 3.27. The van der Waals surface area contributed by atoms with Gasteiger partial charge in [0.15, 0.2) is 0 Å². The van der Waals surface area contributed by atoms with E-state index in [4.69, 9.17) is 28.9 Å². The molecule has 0 aliphatic carbocycles. The van der Waals surface area contributed by atoms with Gasteiger partial charge in [-0.1, -0.05) is 23.2 Å². The molecule has 1 aromatic carbocycles. The van der Waals surface area contributed by atoms with Crippen molar-refractivity contribution in [3.8, 4) is 0 Å². The Morgan fingerprint density at radius 1 is 1.20 bits per heavy atom. The van der Waals surface area contributed by atoms with Gasteiger partial charge in [0, 0.05) is 10.2 Å². The number of halogens is 3. The Hall–Kier alpha value is 0.0800. The Balaban J connectivity index is 3.28. The molecule has 1 rings (SSSR count). The number of hydrogen-bond acceptors (Lipinski definition) is 1. The highest BCUT2D eigenvalue weighted by Crippen LogP contribution is 2.30. The first kappa shape index (κ1) is 8.18. The van der Waals surface area contributed by atoms with E-state index in [0.717, 1.165) is 4.47 Å². The van der Waals surface area contributed by atoms with Crippen molar-refractivity contribution in [3.63, 3.8) is 0 Å². The van der Waals surface area contributed by atoms with E-state index in [1.165, 1.54) is 0 Å². The van der Waals surface area contributed by atoms with E-state index >= 15 is 0 Å². The van der Waals surface area contributed by atoms with Crippen LogP contribution in [0.2, 0.25) is 10.0 Å². The van der Waals surface area contributed by atoms with Crippen molar-refractivity contribution in [1.29, 1.82) is 0 Å². The molecule has 0 bridgehead atoms. The van der Waals surface area contributed by atoms with Gasteiger partial charge in [-0.15, -0.1) is 0 Å². The summed E-state index contributed by atoms with van der Waals surface area (Å²) in [5.41, 5.74) is 6.09. The molecule has 0 saturated carbocycles. The molecule has 0 heterocycles. The molecule has 1 aromatic rings. The summed E-state index contributed by atoms with van der Waals surface area (Å²) < 4.78 is 0.766. The van der Waals surface area contributed by atoms with E-state index in [2.05, 4.69) is 15.9 Å². The van der Waals surface area contributed by atoms with Gasteiger partial charge in [-0.2, -0.15) is 0 Å². The van der Waals surface area contributed by atoms with Crippen molar-refractivity contribution in [1.82, 2.24) is 0 Å². The average Bonchev–Trinajstić information content (AvgIpc) is 1.84. The predicted molar refractivity (Wildman–Crippen MR) is 48.6 cm³/mol. The standard InChI is InChI=1S/C6H4BrCl2N/c7-3-1-4(8)5(9)2-6(3)10/h1-2H,10H2. The summed E-state index contributed by atoms with van der Waals surface area (Å²) in [6.45, 7) is 0. The molecule has 0 saturated heterocycles. The highest BCUT2D eigenvalue weighted by molar-refractivity contribution is 9.10. The van der Waals surface area contributed by atoms with Crippen molar-refractivity contribution in [2.45, 2.75) is 0 Å². The molecular weight excluding hydrogens is 237 g/mol. The molecule has 10 heavy (non-hydrogen) atoms. The lowest BCUT2D eigenvalue weighted by molar-refractivity contribution is 1.63. The van der Waals surface area contributed by atoms with Gasteiger partial charge < -0.3 is 5.73 Å². The zero-order valence-corrected chi connectivity index (χ0v) is 7.96. The first-order valence-electron chi connectivity index (χ1n) is 2.51. The topological polar surface area (TPSA) is 26.0 Å². The maximum atomic E-state index is 5.67. The number of rotatable bonds is 0. The van der Waals surface area contributed by atoms with E-state index in [9.17, 15) is 0 Å². The molecule has 0 atom stereocenters. The first-order chi connectivity index (χ1) is 4.61. The molecule has 4 heteroatoms. The van der Waals surface area contributed by atoms with Gasteiger partial charge in [-0.25, -0.2) is 0 Å². The minimum Gasteiger partial charge on any atom is -0.398 e. The van der Waals surface area contributed by atoms with Crippen LogP contribution >= 0.6 is 39.1 Å². The van der Waals surface area contributed by atoms with Crippen LogP contribution in [0.15, 0.2) is 16.6 Å². The van der Waals surface area contributed by atoms with Crippen LogP contribution in [0.25, 0.3) is 0 Å².